The summed E-state index contributed by atoms with van der Waals surface area (Å²) < 4.78 is 0. The molecule has 74 valence electrons. The van der Waals surface area contributed by atoms with E-state index in [0.29, 0.717) is 0 Å². The quantitative estimate of drug-likeness (QED) is 0.521. The minimum atomic E-state index is -0.963. The minimum Gasteiger partial charge on any atom is -0.378 e. The molecule has 0 aromatic rings. The van der Waals surface area contributed by atoms with Crippen LogP contribution in [0.4, 0.5) is 0 Å². The molecule has 0 aliphatic rings. The highest BCUT2D eigenvalue weighted by Gasteiger charge is 2.24. The van der Waals surface area contributed by atoms with Gasteiger partial charge in [-0.3, -0.25) is 0 Å². The molecule has 0 bridgehead atoms. The Kier molecular flexibility index (Phi) is 4.80. The van der Waals surface area contributed by atoms with Crippen LogP contribution in [0.5, 0.6) is 0 Å². The Bertz CT molecular complexity index is 214. The van der Waals surface area contributed by atoms with E-state index in [4.69, 9.17) is 6.42 Å². The van der Waals surface area contributed by atoms with Crippen LogP contribution in [-0.2, 0) is 0 Å². The number of hydrogen-bond acceptors (Lipinski definition) is 1. The molecule has 0 aliphatic carbocycles. The van der Waals surface area contributed by atoms with Gasteiger partial charge >= 0.3 is 0 Å². The van der Waals surface area contributed by atoms with Crippen molar-refractivity contribution in [2.24, 2.45) is 5.92 Å². The first-order valence-electron chi connectivity index (χ1n) is 4.73. The molecule has 13 heavy (non-hydrogen) atoms. The van der Waals surface area contributed by atoms with E-state index in [9.17, 15) is 5.11 Å². The van der Waals surface area contributed by atoms with Crippen LogP contribution in [-0.4, -0.2) is 10.7 Å². The van der Waals surface area contributed by atoms with Gasteiger partial charge in [-0.15, -0.1) is 6.42 Å². The summed E-state index contributed by atoms with van der Waals surface area (Å²) in [6.45, 7) is 7.83. The summed E-state index contributed by atoms with van der Waals surface area (Å²) in [6.07, 6.45) is 9.31. The number of hydrogen-bond donors (Lipinski definition) is 1. The van der Waals surface area contributed by atoms with Crippen LogP contribution in [0.2, 0.25) is 0 Å². The van der Waals surface area contributed by atoms with Crippen molar-refractivity contribution in [1.82, 2.24) is 0 Å². The summed E-state index contributed by atoms with van der Waals surface area (Å²) in [7, 11) is 0. The SMILES string of the molecule is C#CC(C)(O)C(C)CCC=C(C)C. The van der Waals surface area contributed by atoms with Gasteiger partial charge < -0.3 is 5.11 Å². The second-order valence-electron chi connectivity index (χ2n) is 4.05. The van der Waals surface area contributed by atoms with Gasteiger partial charge in [0.25, 0.3) is 0 Å². The fraction of sp³-hybridized carbons (Fsp3) is 0.667. The van der Waals surface area contributed by atoms with Crippen molar-refractivity contribution in [3.63, 3.8) is 0 Å². The Morgan fingerprint density at radius 1 is 1.62 bits per heavy atom. The van der Waals surface area contributed by atoms with Crippen molar-refractivity contribution < 1.29 is 5.11 Å². The Morgan fingerprint density at radius 2 is 2.15 bits per heavy atom. The third-order valence-electron chi connectivity index (χ3n) is 2.40. The maximum atomic E-state index is 9.70. The highest BCUT2D eigenvalue weighted by atomic mass is 16.3. The van der Waals surface area contributed by atoms with Gasteiger partial charge in [0.05, 0.1) is 0 Å². The molecular weight excluding hydrogens is 160 g/mol. The Balaban J connectivity index is 3.97. The molecule has 0 spiro atoms. The average molecular weight is 180 g/mol. The van der Waals surface area contributed by atoms with E-state index >= 15 is 0 Å². The third-order valence-corrected chi connectivity index (χ3v) is 2.40. The van der Waals surface area contributed by atoms with Crippen molar-refractivity contribution in [1.29, 1.82) is 0 Å². The number of allylic oxidation sites excluding steroid dienone is 2. The van der Waals surface area contributed by atoms with E-state index in [0.717, 1.165) is 12.8 Å². The van der Waals surface area contributed by atoms with Crippen LogP contribution in [0.1, 0.15) is 40.5 Å². The minimum absolute atomic E-state index is 0.146. The highest BCUT2D eigenvalue weighted by molar-refractivity contribution is 5.07. The Morgan fingerprint density at radius 3 is 2.54 bits per heavy atom. The van der Waals surface area contributed by atoms with Gasteiger partial charge in [-0.1, -0.05) is 24.5 Å². The molecule has 2 unspecified atom stereocenters. The van der Waals surface area contributed by atoms with E-state index in [1.54, 1.807) is 6.92 Å². The first kappa shape index (κ1) is 12.3. The molecule has 1 nitrogen and oxygen atoms in total. The van der Waals surface area contributed by atoms with Gasteiger partial charge in [-0.05, 0) is 39.5 Å². The first-order valence-corrected chi connectivity index (χ1v) is 4.73. The molecule has 0 amide bonds. The van der Waals surface area contributed by atoms with Crippen molar-refractivity contribution in [2.45, 2.75) is 46.1 Å². The third kappa shape index (κ3) is 4.75. The summed E-state index contributed by atoms with van der Waals surface area (Å²) in [5, 5.41) is 9.70. The van der Waals surface area contributed by atoms with Gasteiger partial charge in [0.2, 0.25) is 0 Å². The molecule has 0 aliphatic heterocycles. The van der Waals surface area contributed by atoms with Gasteiger partial charge in [-0.2, -0.15) is 0 Å². The molecule has 0 saturated carbocycles. The van der Waals surface area contributed by atoms with E-state index < -0.39 is 5.60 Å². The molecule has 1 heteroatoms. The summed E-state index contributed by atoms with van der Waals surface area (Å²) in [5.41, 5.74) is 0.350. The zero-order valence-corrected chi connectivity index (χ0v) is 9.09. The van der Waals surface area contributed by atoms with E-state index in [-0.39, 0.29) is 5.92 Å². The lowest BCUT2D eigenvalue weighted by molar-refractivity contribution is 0.0608. The fourth-order valence-corrected chi connectivity index (χ4v) is 1.05. The van der Waals surface area contributed by atoms with Crippen molar-refractivity contribution >= 4 is 0 Å². The van der Waals surface area contributed by atoms with Crippen LogP contribution >= 0.6 is 0 Å². The zero-order chi connectivity index (χ0) is 10.5. The van der Waals surface area contributed by atoms with E-state index in [1.165, 1.54) is 5.57 Å². The molecule has 0 rings (SSSR count). The molecule has 0 aromatic heterocycles. The van der Waals surface area contributed by atoms with Crippen LogP contribution in [0, 0.1) is 18.3 Å². The topological polar surface area (TPSA) is 20.2 Å². The molecule has 0 aromatic carbocycles. The van der Waals surface area contributed by atoms with Gasteiger partial charge in [-0.25, -0.2) is 0 Å². The maximum Gasteiger partial charge on any atom is 0.125 e. The van der Waals surface area contributed by atoms with Crippen LogP contribution in [0.3, 0.4) is 0 Å². The van der Waals surface area contributed by atoms with Crippen molar-refractivity contribution in [3.05, 3.63) is 11.6 Å². The lowest BCUT2D eigenvalue weighted by atomic mass is 9.88. The monoisotopic (exact) mass is 180 g/mol. The van der Waals surface area contributed by atoms with Gasteiger partial charge in [0, 0.05) is 0 Å². The molecule has 1 N–H and O–H groups in total. The van der Waals surface area contributed by atoms with Crippen molar-refractivity contribution in [2.75, 3.05) is 0 Å². The van der Waals surface area contributed by atoms with E-state index in [1.807, 2.05) is 6.92 Å². The molecule has 0 heterocycles. The summed E-state index contributed by atoms with van der Waals surface area (Å²) >= 11 is 0. The average Bonchev–Trinajstić information content (AvgIpc) is 2.03. The Labute approximate surface area is 81.9 Å². The van der Waals surface area contributed by atoms with Gasteiger partial charge in [0.1, 0.15) is 5.60 Å². The fourth-order valence-electron chi connectivity index (χ4n) is 1.05. The second kappa shape index (κ2) is 5.09. The zero-order valence-electron chi connectivity index (χ0n) is 9.09. The predicted molar refractivity (Wildman–Crippen MR) is 57.3 cm³/mol. The van der Waals surface area contributed by atoms with Crippen LogP contribution < -0.4 is 0 Å². The lowest BCUT2D eigenvalue weighted by Gasteiger charge is -2.24. The van der Waals surface area contributed by atoms with E-state index in [2.05, 4.69) is 25.8 Å². The predicted octanol–water partition coefficient (Wildman–Crippen LogP) is 2.75. The number of aliphatic hydroxyl groups is 1. The summed E-state index contributed by atoms with van der Waals surface area (Å²) in [5.74, 6) is 2.56. The molecular formula is C12H20O. The largest absolute Gasteiger partial charge is 0.378 e. The summed E-state index contributed by atoms with van der Waals surface area (Å²) in [4.78, 5) is 0. The van der Waals surface area contributed by atoms with Crippen molar-refractivity contribution in [3.8, 4) is 12.3 Å². The lowest BCUT2D eigenvalue weighted by Crippen LogP contribution is -2.30. The Hall–Kier alpha value is -0.740. The molecule has 0 fully saturated rings. The number of rotatable bonds is 4. The van der Waals surface area contributed by atoms with Gasteiger partial charge in [0.15, 0.2) is 0 Å². The van der Waals surface area contributed by atoms with Crippen LogP contribution in [0.25, 0.3) is 0 Å². The highest BCUT2D eigenvalue weighted by Crippen LogP contribution is 2.21. The number of terminal acetylenes is 1. The standard InChI is InChI=1S/C12H20O/c1-6-12(5,13)11(4)9-7-8-10(2)3/h1,8,11,13H,7,9H2,2-5H3. The molecule has 0 radical (unpaired) electrons. The van der Waals surface area contributed by atoms with Crippen LogP contribution in [0.15, 0.2) is 11.6 Å². The second-order valence-corrected chi connectivity index (χ2v) is 4.05. The normalized spacial score (nSPS) is 16.9. The maximum absolute atomic E-state index is 9.70. The smallest absolute Gasteiger partial charge is 0.125 e. The molecule has 2 atom stereocenters. The summed E-state index contributed by atoms with van der Waals surface area (Å²) in [6, 6.07) is 0. The molecule has 0 saturated heterocycles. The first-order chi connectivity index (χ1) is 5.90.